The molecule has 1 rings (SSSR count). The van der Waals surface area contributed by atoms with Gasteiger partial charge in [-0.05, 0) is 25.7 Å². The molecule has 0 saturated heterocycles. The van der Waals surface area contributed by atoms with Gasteiger partial charge < -0.3 is 5.11 Å². The van der Waals surface area contributed by atoms with Crippen LogP contribution in [0.15, 0.2) is 0 Å². The van der Waals surface area contributed by atoms with E-state index in [0.717, 1.165) is 32.1 Å². The van der Waals surface area contributed by atoms with Gasteiger partial charge in [0.05, 0.1) is 5.41 Å². The Morgan fingerprint density at radius 2 is 2.33 bits per heavy atom. The molecular formula is C10H17O2. The lowest BCUT2D eigenvalue weighted by Gasteiger charge is -2.32. The number of hydrogen-bond donors (Lipinski definition) is 1. The molecule has 0 amide bonds. The van der Waals surface area contributed by atoms with Gasteiger partial charge in [-0.1, -0.05) is 26.2 Å². The van der Waals surface area contributed by atoms with Crippen LogP contribution in [0, 0.1) is 11.8 Å². The lowest BCUT2D eigenvalue weighted by molar-refractivity contribution is -0.148. The molecule has 1 saturated carbocycles. The van der Waals surface area contributed by atoms with E-state index in [1.54, 1.807) is 0 Å². The average Bonchev–Trinajstić information content (AvgIpc) is 2.06. The van der Waals surface area contributed by atoms with E-state index >= 15 is 0 Å². The van der Waals surface area contributed by atoms with E-state index in [9.17, 15) is 4.79 Å². The molecule has 1 unspecified atom stereocenters. The summed E-state index contributed by atoms with van der Waals surface area (Å²) in [5.74, 6) is -0.621. The molecule has 0 spiro atoms. The molecule has 1 aliphatic carbocycles. The first-order valence-corrected chi connectivity index (χ1v) is 4.79. The van der Waals surface area contributed by atoms with Crippen LogP contribution in [0.3, 0.4) is 0 Å². The second kappa shape index (κ2) is 3.92. The zero-order chi connectivity index (χ0) is 9.03. The predicted molar refractivity (Wildman–Crippen MR) is 47.7 cm³/mol. The van der Waals surface area contributed by atoms with Crippen molar-refractivity contribution in [3.63, 3.8) is 0 Å². The summed E-state index contributed by atoms with van der Waals surface area (Å²) >= 11 is 0. The lowest BCUT2D eigenvalue weighted by atomic mass is 9.71. The number of aliphatic carboxylic acids is 1. The first kappa shape index (κ1) is 9.56. The summed E-state index contributed by atoms with van der Waals surface area (Å²) in [4.78, 5) is 11.0. The summed E-state index contributed by atoms with van der Waals surface area (Å²) < 4.78 is 0. The number of carbonyl (C=O) groups is 1. The summed E-state index contributed by atoms with van der Waals surface area (Å²) in [5.41, 5.74) is -0.479. The quantitative estimate of drug-likeness (QED) is 0.705. The van der Waals surface area contributed by atoms with Gasteiger partial charge in [0, 0.05) is 0 Å². The van der Waals surface area contributed by atoms with Crippen LogP contribution in [0.25, 0.3) is 0 Å². The van der Waals surface area contributed by atoms with Crippen LogP contribution < -0.4 is 0 Å². The van der Waals surface area contributed by atoms with Crippen LogP contribution in [0.1, 0.15) is 45.4 Å². The molecule has 1 fully saturated rings. The van der Waals surface area contributed by atoms with Gasteiger partial charge in [0.2, 0.25) is 0 Å². The zero-order valence-electron chi connectivity index (χ0n) is 7.68. The van der Waals surface area contributed by atoms with Crippen molar-refractivity contribution >= 4 is 5.97 Å². The van der Waals surface area contributed by atoms with Gasteiger partial charge in [-0.25, -0.2) is 0 Å². The zero-order valence-corrected chi connectivity index (χ0v) is 7.68. The van der Waals surface area contributed by atoms with Crippen molar-refractivity contribution in [1.29, 1.82) is 0 Å². The van der Waals surface area contributed by atoms with Crippen molar-refractivity contribution in [2.45, 2.75) is 45.4 Å². The first-order valence-electron chi connectivity index (χ1n) is 4.79. The molecule has 2 heteroatoms. The minimum Gasteiger partial charge on any atom is -0.481 e. The van der Waals surface area contributed by atoms with Gasteiger partial charge in [0.25, 0.3) is 0 Å². The minimum absolute atomic E-state index is 0.479. The van der Waals surface area contributed by atoms with Crippen LogP contribution in [0.5, 0.6) is 0 Å². The maximum Gasteiger partial charge on any atom is 0.309 e. The highest BCUT2D eigenvalue weighted by atomic mass is 16.4. The third kappa shape index (κ3) is 1.79. The fourth-order valence-corrected chi connectivity index (χ4v) is 2.04. The highest BCUT2D eigenvalue weighted by Gasteiger charge is 2.38. The van der Waals surface area contributed by atoms with E-state index < -0.39 is 11.4 Å². The Bertz CT molecular complexity index is 152. The van der Waals surface area contributed by atoms with Crippen LogP contribution >= 0.6 is 0 Å². The molecule has 69 valence electrons. The molecular weight excluding hydrogens is 152 g/mol. The van der Waals surface area contributed by atoms with Crippen LogP contribution in [-0.4, -0.2) is 11.1 Å². The molecule has 1 radical (unpaired) electrons. The van der Waals surface area contributed by atoms with E-state index in [2.05, 4.69) is 0 Å². The summed E-state index contributed by atoms with van der Waals surface area (Å²) in [6, 6.07) is 0. The molecule has 1 atom stereocenters. The third-order valence-electron chi connectivity index (χ3n) is 2.73. The Balaban J connectivity index is 2.63. The number of carboxylic acid groups (broad SMARTS) is 1. The van der Waals surface area contributed by atoms with Gasteiger partial charge in [-0.2, -0.15) is 0 Å². The molecule has 0 aliphatic heterocycles. The Morgan fingerprint density at radius 1 is 1.58 bits per heavy atom. The average molecular weight is 169 g/mol. The lowest BCUT2D eigenvalue weighted by Crippen LogP contribution is -2.33. The fraction of sp³-hybridized carbons (Fsp3) is 0.800. The van der Waals surface area contributed by atoms with E-state index in [1.165, 1.54) is 6.42 Å². The first-order chi connectivity index (χ1) is 5.71. The van der Waals surface area contributed by atoms with Crippen molar-refractivity contribution in [3.05, 3.63) is 6.42 Å². The Labute approximate surface area is 74.0 Å². The molecule has 12 heavy (non-hydrogen) atoms. The monoisotopic (exact) mass is 169 g/mol. The second-order valence-electron chi connectivity index (χ2n) is 3.66. The van der Waals surface area contributed by atoms with Crippen molar-refractivity contribution < 1.29 is 9.90 Å². The van der Waals surface area contributed by atoms with E-state index in [1.807, 2.05) is 13.3 Å². The molecule has 1 N–H and O–H groups in total. The second-order valence-corrected chi connectivity index (χ2v) is 3.66. The molecule has 1 aliphatic rings. The predicted octanol–water partition coefficient (Wildman–Crippen LogP) is 2.64. The number of rotatable bonds is 3. The van der Waals surface area contributed by atoms with Gasteiger partial charge >= 0.3 is 5.97 Å². The maximum absolute atomic E-state index is 11.0. The van der Waals surface area contributed by atoms with Crippen LogP contribution in [-0.2, 0) is 4.79 Å². The highest BCUT2D eigenvalue weighted by molar-refractivity contribution is 5.76. The third-order valence-corrected chi connectivity index (χ3v) is 2.73. The normalized spacial score (nSPS) is 22.1. The fourth-order valence-electron chi connectivity index (χ4n) is 2.04. The van der Waals surface area contributed by atoms with Crippen LogP contribution in [0.4, 0.5) is 0 Å². The van der Waals surface area contributed by atoms with Crippen LogP contribution in [0.2, 0.25) is 0 Å². The molecule has 0 bridgehead atoms. The molecule has 2 nitrogen and oxygen atoms in total. The van der Waals surface area contributed by atoms with Gasteiger partial charge in [0.15, 0.2) is 0 Å². The number of carboxylic acids is 1. The molecule has 0 aromatic rings. The minimum atomic E-state index is -0.621. The van der Waals surface area contributed by atoms with E-state index in [4.69, 9.17) is 5.11 Å². The highest BCUT2D eigenvalue weighted by Crippen LogP contribution is 2.39. The van der Waals surface area contributed by atoms with Crippen molar-refractivity contribution in [2.75, 3.05) is 0 Å². The largest absolute Gasteiger partial charge is 0.481 e. The summed E-state index contributed by atoms with van der Waals surface area (Å²) in [5, 5.41) is 9.09. The number of hydrogen-bond acceptors (Lipinski definition) is 1. The SMILES string of the molecule is CCCC1(C(=O)O)[CH]CCCC1. The molecule has 0 aromatic carbocycles. The standard InChI is InChI=1S/C10H17O2/c1-2-6-10(9(11)12)7-4-3-5-8-10/h7H,2-6,8H2,1H3,(H,11,12). The Morgan fingerprint density at radius 3 is 2.75 bits per heavy atom. The summed E-state index contributed by atoms with van der Waals surface area (Å²) in [6.45, 7) is 2.05. The van der Waals surface area contributed by atoms with Gasteiger partial charge in [0.1, 0.15) is 0 Å². The van der Waals surface area contributed by atoms with Gasteiger partial charge in [-0.15, -0.1) is 0 Å². The Hall–Kier alpha value is -0.530. The topological polar surface area (TPSA) is 37.3 Å². The smallest absolute Gasteiger partial charge is 0.309 e. The van der Waals surface area contributed by atoms with Crippen molar-refractivity contribution in [1.82, 2.24) is 0 Å². The maximum atomic E-state index is 11.0. The summed E-state index contributed by atoms with van der Waals surface area (Å²) in [7, 11) is 0. The van der Waals surface area contributed by atoms with Gasteiger partial charge in [-0.3, -0.25) is 4.79 Å². The van der Waals surface area contributed by atoms with E-state index in [-0.39, 0.29) is 0 Å². The van der Waals surface area contributed by atoms with Crippen molar-refractivity contribution in [3.8, 4) is 0 Å². The Kier molecular flexibility index (Phi) is 3.12. The van der Waals surface area contributed by atoms with E-state index in [0.29, 0.717) is 0 Å². The summed E-state index contributed by atoms with van der Waals surface area (Å²) in [6.07, 6.45) is 7.84. The van der Waals surface area contributed by atoms with Crippen molar-refractivity contribution in [2.24, 2.45) is 5.41 Å². The molecule has 0 heterocycles. The molecule has 0 aromatic heterocycles.